The molecule has 17 heteroatoms. The molecule has 29 heavy (non-hydrogen) atoms. The summed E-state index contributed by atoms with van der Waals surface area (Å²) in [6.07, 6.45) is -4.07. The van der Waals surface area contributed by atoms with Crippen LogP contribution in [0.2, 0.25) is 0 Å². The first kappa shape index (κ1) is 24.4. The minimum atomic E-state index is -6.28. The van der Waals surface area contributed by atoms with Gasteiger partial charge in [-0.05, 0) is 0 Å². The summed E-state index contributed by atoms with van der Waals surface area (Å²) in [6, 6.07) is 0. The Labute approximate surface area is 166 Å². The first-order valence-corrected chi connectivity index (χ1v) is 11.7. The average molecular weight is 482 g/mol. The molecule has 0 aromatic carbocycles. The Morgan fingerprint density at radius 2 is 1.90 bits per heavy atom. The van der Waals surface area contributed by atoms with Crippen molar-refractivity contribution < 1.29 is 56.1 Å². The fourth-order valence-corrected chi connectivity index (χ4v) is 5.42. The Balaban J connectivity index is 2.21. The molecule has 1 fully saturated rings. The molecule has 2 heterocycles. The molecule has 0 bridgehead atoms. The minimum Gasteiger partial charge on any atom is -0.376 e. The Hall–Kier alpha value is -0.860. The molecule has 0 radical (unpaired) electrons. The smallest absolute Gasteiger partial charge is 0.376 e. The highest BCUT2D eigenvalue weighted by atomic mass is 32.1. The van der Waals surface area contributed by atoms with Crippen molar-refractivity contribution in [1.29, 1.82) is 0 Å². The SMILES string of the molecule is COC1[C@@H](OC)[C@@H](COP(=O)(O)C(F)(F)P(=O)(O)O)O[C@H]1c1nc(C(N)=O)cs1. The summed E-state index contributed by atoms with van der Waals surface area (Å²) in [5.74, 6) is -0.788. The van der Waals surface area contributed by atoms with Crippen molar-refractivity contribution in [3.63, 3.8) is 0 Å². The number of amides is 1. The monoisotopic (exact) mass is 482 g/mol. The summed E-state index contributed by atoms with van der Waals surface area (Å²) >= 11 is 1.000. The van der Waals surface area contributed by atoms with Crippen LogP contribution in [0.3, 0.4) is 0 Å². The molecule has 1 saturated heterocycles. The molecule has 1 aliphatic rings. The first-order chi connectivity index (χ1) is 13.3. The number of ether oxygens (including phenoxy) is 3. The number of thiazole rings is 1. The predicted molar refractivity (Wildman–Crippen MR) is 92.6 cm³/mol. The van der Waals surface area contributed by atoms with Gasteiger partial charge in [-0.15, -0.1) is 11.3 Å². The Morgan fingerprint density at radius 3 is 2.34 bits per heavy atom. The normalized spacial score (nSPS) is 27.7. The zero-order valence-electron chi connectivity index (χ0n) is 14.9. The van der Waals surface area contributed by atoms with Gasteiger partial charge in [-0.2, -0.15) is 8.78 Å². The van der Waals surface area contributed by atoms with Gasteiger partial charge in [0.15, 0.2) is 0 Å². The Morgan fingerprint density at radius 1 is 1.31 bits per heavy atom. The van der Waals surface area contributed by atoms with Crippen molar-refractivity contribution in [1.82, 2.24) is 4.98 Å². The molecule has 12 nitrogen and oxygen atoms in total. The Kier molecular flexibility index (Phi) is 7.33. The van der Waals surface area contributed by atoms with E-state index in [1.54, 1.807) is 0 Å². The fraction of sp³-hybridized carbons (Fsp3) is 0.667. The molecule has 1 aromatic heterocycles. The fourth-order valence-electron chi connectivity index (χ4n) is 2.55. The van der Waals surface area contributed by atoms with Crippen molar-refractivity contribution >= 4 is 32.4 Å². The van der Waals surface area contributed by atoms with Crippen LogP contribution in [0.1, 0.15) is 21.6 Å². The van der Waals surface area contributed by atoms with E-state index in [1.165, 1.54) is 19.6 Å². The highest BCUT2D eigenvalue weighted by Gasteiger charge is 2.65. The van der Waals surface area contributed by atoms with Gasteiger partial charge >= 0.3 is 20.6 Å². The molecular formula is C12H18F2N2O10P2S. The lowest BCUT2D eigenvalue weighted by molar-refractivity contribution is -0.0398. The second-order valence-electron chi connectivity index (χ2n) is 5.80. The van der Waals surface area contributed by atoms with Crippen molar-refractivity contribution in [2.45, 2.75) is 29.8 Å². The lowest BCUT2D eigenvalue weighted by Crippen LogP contribution is -2.36. The maximum Gasteiger partial charge on any atom is 0.443 e. The minimum absolute atomic E-state index is 0.0433. The predicted octanol–water partition coefficient (Wildman–Crippen LogP) is 0.642. The van der Waals surface area contributed by atoms with Gasteiger partial charge in [0.1, 0.15) is 35.1 Å². The maximum atomic E-state index is 13.6. The van der Waals surface area contributed by atoms with Gasteiger partial charge < -0.3 is 39.1 Å². The average Bonchev–Trinajstić information content (AvgIpc) is 3.22. The van der Waals surface area contributed by atoms with E-state index in [2.05, 4.69) is 9.51 Å². The molecule has 166 valence electrons. The van der Waals surface area contributed by atoms with Crippen molar-refractivity contribution in [3.8, 4) is 0 Å². The molecular weight excluding hydrogens is 464 g/mol. The summed E-state index contributed by atoms with van der Waals surface area (Å²) in [4.78, 5) is 41.8. The van der Waals surface area contributed by atoms with Crippen LogP contribution in [0.4, 0.5) is 8.78 Å². The zero-order valence-corrected chi connectivity index (χ0v) is 17.5. The molecule has 2 unspecified atom stereocenters. The van der Waals surface area contributed by atoms with Crippen molar-refractivity contribution in [2.24, 2.45) is 5.73 Å². The Bertz CT molecular complexity index is 848. The molecule has 2 rings (SSSR count). The van der Waals surface area contributed by atoms with E-state index in [9.17, 15) is 27.6 Å². The number of alkyl halides is 2. The van der Waals surface area contributed by atoms with Crippen LogP contribution >= 0.6 is 26.5 Å². The first-order valence-electron chi connectivity index (χ1n) is 7.64. The zero-order chi connectivity index (χ0) is 22.2. The van der Waals surface area contributed by atoms with E-state index in [0.29, 0.717) is 0 Å². The van der Waals surface area contributed by atoms with Crippen molar-refractivity contribution in [2.75, 3.05) is 20.8 Å². The third kappa shape index (κ3) is 4.74. The van der Waals surface area contributed by atoms with Gasteiger partial charge in [0, 0.05) is 19.6 Å². The number of aromatic nitrogens is 1. The van der Waals surface area contributed by atoms with E-state index in [0.717, 1.165) is 11.3 Å². The number of nitrogens with two attached hydrogens (primary N) is 1. The third-order valence-electron chi connectivity index (χ3n) is 3.98. The van der Waals surface area contributed by atoms with E-state index in [1.807, 2.05) is 0 Å². The molecule has 5 atom stereocenters. The van der Waals surface area contributed by atoms with Crippen LogP contribution in [-0.2, 0) is 27.9 Å². The molecule has 0 aliphatic carbocycles. The summed E-state index contributed by atoms with van der Waals surface area (Å²) in [6.45, 7) is -0.980. The number of halogens is 2. The molecule has 1 aliphatic heterocycles. The highest BCUT2D eigenvalue weighted by molar-refractivity contribution is 7.72. The summed E-state index contributed by atoms with van der Waals surface area (Å²) in [5, 5.41) is -3.71. The van der Waals surface area contributed by atoms with Crippen LogP contribution in [0.25, 0.3) is 0 Å². The van der Waals surface area contributed by atoms with Gasteiger partial charge in [0.25, 0.3) is 5.91 Å². The van der Waals surface area contributed by atoms with E-state index in [-0.39, 0.29) is 10.7 Å². The topological polar surface area (TPSA) is 188 Å². The second-order valence-corrected chi connectivity index (χ2v) is 10.6. The van der Waals surface area contributed by atoms with Gasteiger partial charge in [-0.3, -0.25) is 13.9 Å². The number of hydrogen-bond acceptors (Lipinski definition) is 9. The maximum absolute atomic E-state index is 13.6. The molecule has 0 spiro atoms. The van der Waals surface area contributed by atoms with E-state index < -0.39 is 57.5 Å². The highest BCUT2D eigenvalue weighted by Crippen LogP contribution is 2.73. The molecule has 1 aromatic rings. The summed E-state index contributed by atoms with van der Waals surface area (Å²) in [7, 11) is -9.84. The standard InChI is InChI=1S/C12H18F2N2O10P2S/c1-23-7-6(3-25-28(21,22)12(13,14)27(18,19)20)26-9(8(7)24-2)11-16-5(4-29-11)10(15)17/h4,6-9H,3H2,1-2H3,(H2,15,17)(H,21,22)(H2,18,19,20)/t6-,7+,8?,9-/m1/s1. The number of nitrogens with zero attached hydrogens (tertiary/aromatic N) is 1. The number of carbonyl (C=O) groups is 1. The molecule has 5 N–H and O–H groups in total. The number of methoxy groups -OCH3 is 2. The van der Waals surface area contributed by atoms with Crippen LogP contribution in [-0.4, -0.2) is 70.1 Å². The lowest BCUT2D eigenvalue weighted by atomic mass is 10.1. The largest absolute Gasteiger partial charge is 0.443 e. The lowest BCUT2D eigenvalue weighted by Gasteiger charge is -2.25. The van der Waals surface area contributed by atoms with Gasteiger partial charge in [-0.1, -0.05) is 0 Å². The van der Waals surface area contributed by atoms with Gasteiger partial charge in [0.2, 0.25) is 0 Å². The van der Waals surface area contributed by atoms with Gasteiger partial charge in [-0.25, -0.2) is 4.98 Å². The van der Waals surface area contributed by atoms with Crippen LogP contribution < -0.4 is 5.73 Å². The summed E-state index contributed by atoms with van der Waals surface area (Å²) < 4.78 is 70.0. The number of primary amides is 1. The van der Waals surface area contributed by atoms with Crippen LogP contribution in [0.5, 0.6) is 0 Å². The number of carbonyl (C=O) groups excluding carboxylic acids is 1. The van der Waals surface area contributed by atoms with E-state index >= 15 is 0 Å². The molecule has 1 amide bonds. The second kappa shape index (κ2) is 8.71. The van der Waals surface area contributed by atoms with Gasteiger partial charge in [0.05, 0.1) is 6.61 Å². The quantitative estimate of drug-likeness (QED) is 0.362. The number of rotatable bonds is 9. The van der Waals surface area contributed by atoms with Crippen molar-refractivity contribution in [3.05, 3.63) is 16.1 Å². The molecule has 0 saturated carbocycles. The van der Waals surface area contributed by atoms with Crippen LogP contribution in [0, 0.1) is 0 Å². The van der Waals surface area contributed by atoms with Crippen LogP contribution in [0.15, 0.2) is 5.38 Å². The number of hydrogen-bond donors (Lipinski definition) is 4. The third-order valence-corrected chi connectivity index (χ3v) is 8.30. The van der Waals surface area contributed by atoms with E-state index in [4.69, 9.17) is 29.7 Å². The summed E-state index contributed by atoms with van der Waals surface area (Å²) in [5.41, 5.74) is 5.10.